The van der Waals surface area contributed by atoms with E-state index < -0.39 is 17.4 Å². The molecule has 0 aromatic heterocycles. The average molecular weight is 629 g/mol. The second-order valence-corrected chi connectivity index (χ2v) is 9.86. The lowest BCUT2D eigenvalue weighted by atomic mass is 9.76. The molecule has 0 aliphatic heterocycles. The molecule has 2 aromatic carbocycles. The molecular formula is C35H48O10. The monoisotopic (exact) mass is 628 g/mol. The molecule has 0 aliphatic rings. The minimum Gasteiger partial charge on any atom is -0.490 e. The van der Waals surface area contributed by atoms with Crippen LogP contribution in [0.2, 0.25) is 0 Å². The van der Waals surface area contributed by atoms with Crippen LogP contribution in [-0.2, 0) is 15.0 Å². The zero-order valence-electron chi connectivity index (χ0n) is 28.3. The largest absolute Gasteiger partial charge is 0.490 e. The maximum atomic E-state index is 12.8. The molecule has 0 bridgehead atoms. The van der Waals surface area contributed by atoms with Crippen LogP contribution in [0.4, 0.5) is 0 Å². The maximum Gasteiger partial charge on any atom is 0.336 e. The summed E-state index contributed by atoms with van der Waals surface area (Å²) in [6, 6.07) is 3.49. The van der Waals surface area contributed by atoms with Gasteiger partial charge in [-0.15, -0.1) is 0 Å². The van der Waals surface area contributed by atoms with Crippen molar-refractivity contribution in [1.29, 1.82) is 0 Å². The SMILES string of the molecule is CC=CC(=O)Oc1ccc(C(C)(C)c2c(OCC)c(OCC)c(OC(=O)C=CC)c(OCC)c2OCC)c(OCC)c1OCC. The fraction of sp³-hybridized carbons (Fsp3) is 0.486. The molecule has 0 unspecified atom stereocenters. The Hall–Kier alpha value is -4.34. The number of benzene rings is 2. The first-order valence-corrected chi connectivity index (χ1v) is 15.5. The molecule has 2 aromatic rings. The lowest BCUT2D eigenvalue weighted by Gasteiger charge is -2.34. The lowest BCUT2D eigenvalue weighted by Crippen LogP contribution is -2.25. The van der Waals surface area contributed by atoms with Crippen LogP contribution in [0.3, 0.4) is 0 Å². The first kappa shape index (κ1) is 36.8. The highest BCUT2D eigenvalue weighted by Gasteiger charge is 2.41. The van der Waals surface area contributed by atoms with E-state index in [0.29, 0.717) is 41.6 Å². The second-order valence-electron chi connectivity index (χ2n) is 9.86. The summed E-state index contributed by atoms with van der Waals surface area (Å²) in [6.45, 7) is 20.1. The highest BCUT2D eigenvalue weighted by molar-refractivity contribution is 5.87. The van der Waals surface area contributed by atoms with E-state index >= 15 is 0 Å². The molecular weight excluding hydrogens is 580 g/mol. The summed E-state index contributed by atoms with van der Waals surface area (Å²) in [7, 11) is 0. The van der Waals surface area contributed by atoms with Crippen molar-refractivity contribution in [3.8, 4) is 46.0 Å². The van der Waals surface area contributed by atoms with Gasteiger partial charge in [-0.25, -0.2) is 9.59 Å². The van der Waals surface area contributed by atoms with Crippen LogP contribution in [0.15, 0.2) is 36.4 Å². The number of allylic oxidation sites excluding steroid dienone is 2. The summed E-state index contributed by atoms with van der Waals surface area (Å²) >= 11 is 0. The molecule has 0 aliphatic carbocycles. The van der Waals surface area contributed by atoms with Crippen molar-refractivity contribution in [1.82, 2.24) is 0 Å². The first-order chi connectivity index (χ1) is 21.6. The predicted octanol–water partition coefficient (Wildman–Crippen LogP) is 7.37. The quantitative estimate of drug-likeness (QED) is 0.0943. The van der Waals surface area contributed by atoms with E-state index in [9.17, 15) is 9.59 Å². The van der Waals surface area contributed by atoms with Crippen molar-refractivity contribution in [2.24, 2.45) is 0 Å². The summed E-state index contributed by atoms with van der Waals surface area (Å²) in [4.78, 5) is 25.2. The van der Waals surface area contributed by atoms with E-state index in [0.717, 1.165) is 0 Å². The Labute approximate surface area is 267 Å². The van der Waals surface area contributed by atoms with Crippen LogP contribution in [0.5, 0.6) is 46.0 Å². The minimum atomic E-state index is -0.944. The summed E-state index contributed by atoms with van der Waals surface area (Å²) in [5, 5.41) is 0. The van der Waals surface area contributed by atoms with Gasteiger partial charge in [0.25, 0.3) is 0 Å². The Kier molecular flexibility index (Phi) is 14.6. The molecule has 0 saturated heterocycles. The highest BCUT2D eigenvalue weighted by atomic mass is 16.6. The van der Waals surface area contributed by atoms with Crippen LogP contribution in [-0.4, -0.2) is 51.6 Å². The molecule has 0 amide bonds. The molecule has 2 rings (SSSR count). The third kappa shape index (κ3) is 8.65. The second kappa shape index (κ2) is 17.8. The van der Waals surface area contributed by atoms with Crippen molar-refractivity contribution < 1.29 is 47.5 Å². The number of ether oxygens (including phenoxy) is 8. The summed E-state index contributed by atoms with van der Waals surface area (Å²) in [6.07, 6.45) is 5.81. The maximum absolute atomic E-state index is 12.8. The van der Waals surface area contributed by atoms with Crippen LogP contribution in [0.1, 0.15) is 80.4 Å². The van der Waals surface area contributed by atoms with Gasteiger partial charge in [0.05, 0.1) is 45.2 Å². The standard InChI is InChI=1S/C35H48O10/c1-11-19-25(36)44-24-22-21-23(28(38-13-3)29(24)39-14-4)35(9,10)27-30(40-15-5)32(42-17-7)34(45-26(37)20-12-2)33(43-18-8)31(27)41-16-6/h11-12,19-22H,13-18H2,1-10H3. The van der Waals surface area contributed by atoms with E-state index in [4.69, 9.17) is 37.9 Å². The molecule has 0 saturated carbocycles. The van der Waals surface area contributed by atoms with Gasteiger partial charge in [-0.3, -0.25) is 0 Å². The fourth-order valence-corrected chi connectivity index (χ4v) is 4.78. The van der Waals surface area contributed by atoms with E-state index in [1.54, 1.807) is 32.1 Å². The van der Waals surface area contributed by atoms with Crippen molar-refractivity contribution in [3.05, 3.63) is 47.6 Å². The molecule has 0 atom stereocenters. The third-order valence-electron chi connectivity index (χ3n) is 6.40. The minimum absolute atomic E-state index is 0.0551. The van der Waals surface area contributed by atoms with Gasteiger partial charge < -0.3 is 37.9 Å². The molecule has 0 spiro atoms. The average Bonchev–Trinajstić information content (AvgIpc) is 2.98. The highest BCUT2D eigenvalue weighted by Crippen LogP contribution is 2.60. The van der Waals surface area contributed by atoms with Crippen molar-refractivity contribution in [2.45, 2.75) is 74.7 Å². The number of carbonyl (C=O) groups is 2. The van der Waals surface area contributed by atoms with Crippen LogP contribution in [0, 0.1) is 0 Å². The van der Waals surface area contributed by atoms with E-state index in [2.05, 4.69) is 0 Å². The van der Waals surface area contributed by atoms with Gasteiger partial charge >= 0.3 is 11.9 Å². The Morgan fingerprint density at radius 2 is 0.956 bits per heavy atom. The zero-order chi connectivity index (χ0) is 33.6. The van der Waals surface area contributed by atoms with Gasteiger partial charge in [0.1, 0.15) is 0 Å². The number of esters is 2. The molecule has 0 N–H and O–H groups in total. The van der Waals surface area contributed by atoms with Crippen molar-refractivity contribution in [2.75, 3.05) is 39.6 Å². The lowest BCUT2D eigenvalue weighted by molar-refractivity contribution is -0.130. The Morgan fingerprint density at radius 3 is 1.40 bits per heavy atom. The van der Waals surface area contributed by atoms with Crippen molar-refractivity contribution in [3.63, 3.8) is 0 Å². The smallest absolute Gasteiger partial charge is 0.336 e. The van der Waals surface area contributed by atoms with Crippen molar-refractivity contribution >= 4 is 11.9 Å². The zero-order valence-corrected chi connectivity index (χ0v) is 28.3. The van der Waals surface area contributed by atoms with Crippen LogP contribution in [0.25, 0.3) is 0 Å². The van der Waals surface area contributed by atoms with Gasteiger partial charge in [-0.2, -0.15) is 0 Å². The number of hydrogen-bond acceptors (Lipinski definition) is 10. The predicted molar refractivity (Wildman–Crippen MR) is 173 cm³/mol. The topological polar surface area (TPSA) is 108 Å². The van der Waals surface area contributed by atoms with E-state index in [-0.39, 0.29) is 55.2 Å². The molecule has 0 radical (unpaired) electrons. The fourth-order valence-electron chi connectivity index (χ4n) is 4.78. The van der Waals surface area contributed by atoms with E-state index in [1.165, 1.54) is 12.2 Å². The molecule has 0 heterocycles. The molecule has 0 fully saturated rings. The third-order valence-corrected chi connectivity index (χ3v) is 6.40. The Balaban J connectivity index is 3.14. The summed E-state index contributed by atoms with van der Waals surface area (Å²) in [5.74, 6) is 0.834. The van der Waals surface area contributed by atoms with Gasteiger partial charge in [0.15, 0.2) is 23.0 Å². The molecule has 45 heavy (non-hydrogen) atoms. The number of hydrogen-bond donors (Lipinski definition) is 0. The van der Waals surface area contributed by atoms with Crippen LogP contribution >= 0.6 is 0 Å². The van der Waals surface area contributed by atoms with Crippen LogP contribution < -0.4 is 37.9 Å². The molecule has 248 valence electrons. The summed E-state index contributed by atoms with van der Waals surface area (Å²) in [5.41, 5.74) is 0.316. The molecule has 10 nitrogen and oxygen atoms in total. The normalized spacial score (nSPS) is 11.4. The number of rotatable bonds is 18. The Morgan fingerprint density at radius 1 is 0.556 bits per heavy atom. The van der Waals surface area contributed by atoms with Gasteiger partial charge in [0.2, 0.25) is 23.0 Å². The van der Waals surface area contributed by atoms with E-state index in [1.807, 2.05) is 61.5 Å². The van der Waals surface area contributed by atoms with Gasteiger partial charge in [0, 0.05) is 23.1 Å². The first-order valence-electron chi connectivity index (χ1n) is 15.5. The van der Waals surface area contributed by atoms with Gasteiger partial charge in [-0.1, -0.05) is 32.1 Å². The Bertz CT molecular complexity index is 1320. The number of carbonyl (C=O) groups excluding carboxylic acids is 2. The summed E-state index contributed by atoms with van der Waals surface area (Å²) < 4.78 is 48.6. The molecule has 10 heteroatoms. The van der Waals surface area contributed by atoms with Gasteiger partial charge in [-0.05, 0) is 61.5 Å².